The fraction of sp³-hybridized carbons (Fsp3) is 0.333. The Morgan fingerprint density at radius 3 is 1.86 bits per heavy atom. The van der Waals surface area contributed by atoms with Crippen LogP contribution in [-0.2, 0) is 13.1 Å². The molecule has 1 fully saturated rings. The van der Waals surface area contributed by atoms with Crippen molar-refractivity contribution in [2.24, 2.45) is 0 Å². The van der Waals surface area contributed by atoms with E-state index >= 15 is 0 Å². The Hall–Kier alpha value is -1.23. The van der Waals surface area contributed by atoms with Crippen LogP contribution >= 0.6 is 15.9 Å². The number of rotatable bonds is 4. The molecule has 2 aromatic rings. The molecule has 0 spiro atoms. The maximum Gasteiger partial charge on any atom is 0.132 e. The van der Waals surface area contributed by atoms with Gasteiger partial charge in [-0.25, -0.2) is 4.39 Å². The van der Waals surface area contributed by atoms with Gasteiger partial charge < -0.3 is 9.80 Å². The highest BCUT2D eigenvalue weighted by Crippen LogP contribution is 2.14. The zero-order chi connectivity index (χ0) is 15.4. The average molecular weight is 365 g/mol. The summed E-state index contributed by atoms with van der Waals surface area (Å²) in [6.45, 7) is 6.36. The van der Waals surface area contributed by atoms with Gasteiger partial charge in [0.15, 0.2) is 0 Å². The molecule has 22 heavy (non-hydrogen) atoms. The number of hydrogen-bond acceptors (Lipinski definition) is 0. The van der Waals surface area contributed by atoms with Crippen LogP contribution in [0.2, 0.25) is 0 Å². The van der Waals surface area contributed by atoms with Crippen LogP contribution < -0.4 is 9.80 Å². The van der Waals surface area contributed by atoms with E-state index in [1.165, 1.54) is 14.9 Å². The summed E-state index contributed by atoms with van der Waals surface area (Å²) in [5.74, 6) is -0.0713. The molecule has 2 nitrogen and oxygen atoms in total. The van der Waals surface area contributed by atoms with Crippen molar-refractivity contribution >= 4 is 15.9 Å². The van der Waals surface area contributed by atoms with Crippen molar-refractivity contribution in [1.29, 1.82) is 0 Å². The van der Waals surface area contributed by atoms with Gasteiger partial charge in [-0.05, 0) is 12.1 Å². The molecule has 0 aliphatic carbocycles. The van der Waals surface area contributed by atoms with Crippen LogP contribution in [0.15, 0.2) is 53.0 Å². The van der Waals surface area contributed by atoms with E-state index in [1.807, 2.05) is 12.1 Å². The Morgan fingerprint density at radius 1 is 0.773 bits per heavy atom. The van der Waals surface area contributed by atoms with Crippen molar-refractivity contribution in [3.63, 3.8) is 0 Å². The van der Waals surface area contributed by atoms with E-state index in [-0.39, 0.29) is 5.82 Å². The summed E-state index contributed by atoms with van der Waals surface area (Å²) in [6, 6.07) is 15.6. The number of hydrogen-bond donors (Lipinski definition) is 2. The van der Waals surface area contributed by atoms with Crippen molar-refractivity contribution in [3.8, 4) is 0 Å². The minimum absolute atomic E-state index is 0.0713. The Kier molecular flexibility index (Phi) is 5.24. The molecule has 2 aromatic carbocycles. The van der Waals surface area contributed by atoms with E-state index < -0.39 is 0 Å². The highest BCUT2D eigenvalue weighted by atomic mass is 79.9. The molecule has 1 heterocycles. The second-order valence-corrected chi connectivity index (χ2v) is 6.89. The minimum atomic E-state index is -0.0713. The van der Waals surface area contributed by atoms with Gasteiger partial charge in [0.2, 0.25) is 0 Å². The van der Waals surface area contributed by atoms with Gasteiger partial charge in [-0.3, -0.25) is 0 Å². The predicted molar refractivity (Wildman–Crippen MR) is 89.3 cm³/mol. The molecule has 1 aliphatic heterocycles. The molecule has 4 heteroatoms. The quantitative estimate of drug-likeness (QED) is 0.802. The van der Waals surface area contributed by atoms with Crippen molar-refractivity contribution in [2.45, 2.75) is 13.1 Å². The van der Waals surface area contributed by atoms with Gasteiger partial charge in [-0.2, -0.15) is 0 Å². The van der Waals surface area contributed by atoms with E-state index in [2.05, 4.69) is 40.2 Å². The molecule has 0 unspecified atom stereocenters. The van der Waals surface area contributed by atoms with Crippen LogP contribution in [0.25, 0.3) is 0 Å². The largest absolute Gasteiger partial charge is 0.322 e. The summed E-state index contributed by atoms with van der Waals surface area (Å²) >= 11 is 3.63. The fourth-order valence-electron chi connectivity index (χ4n) is 3.13. The lowest BCUT2D eigenvalue weighted by Crippen LogP contribution is -3.27. The lowest BCUT2D eigenvalue weighted by atomic mass is 10.1. The average Bonchev–Trinajstić information content (AvgIpc) is 2.54. The van der Waals surface area contributed by atoms with Gasteiger partial charge in [0.1, 0.15) is 45.1 Å². The first-order valence-electron chi connectivity index (χ1n) is 7.86. The molecule has 0 saturated carbocycles. The van der Waals surface area contributed by atoms with E-state index in [9.17, 15) is 4.39 Å². The van der Waals surface area contributed by atoms with Gasteiger partial charge in [0, 0.05) is 15.6 Å². The van der Waals surface area contributed by atoms with E-state index in [1.54, 1.807) is 17.0 Å². The monoisotopic (exact) mass is 364 g/mol. The third-order valence-electron chi connectivity index (χ3n) is 4.46. The molecule has 0 aromatic heterocycles. The summed E-state index contributed by atoms with van der Waals surface area (Å²) < 4.78 is 14.9. The normalized spacial score (nSPS) is 21.7. The molecule has 0 amide bonds. The molecule has 3 rings (SSSR count). The summed E-state index contributed by atoms with van der Waals surface area (Å²) in [6.07, 6.45) is 0. The maximum absolute atomic E-state index is 13.7. The van der Waals surface area contributed by atoms with Crippen molar-refractivity contribution in [2.75, 3.05) is 26.2 Å². The summed E-state index contributed by atoms with van der Waals surface area (Å²) in [7, 11) is 0. The van der Waals surface area contributed by atoms with E-state index in [0.29, 0.717) is 0 Å². The summed E-state index contributed by atoms with van der Waals surface area (Å²) in [4.78, 5) is 3.10. The van der Waals surface area contributed by atoms with Crippen LogP contribution in [0, 0.1) is 5.82 Å². The van der Waals surface area contributed by atoms with E-state index in [0.717, 1.165) is 44.8 Å². The van der Waals surface area contributed by atoms with Gasteiger partial charge in [-0.1, -0.05) is 52.3 Å². The Bertz CT molecular complexity index is 568. The second kappa shape index (κ2) is 7.36. The molecular formula is C18H22BrFN2+2. The SMILES string of the molecule is Fc1ccccc1C[NH+]1CC[NH+](Cc2ccccc2Br)CC1. The number of nitrogens with one attached hydrogen (secondary N) is 2. The molecule has 0 bridgehead atoms. The van der Waals surface area contributed by atoms with Crippen molar-refractivity contribution in [1.82, 2.24) is 0 Å². The molecule has 116 valence electrons. The van der Waals surface area contributed by atoms with Crippen molar-refractivity contribution < 1.29 is 14.2 Å². The first-order chi connectivity index (χ1) is 10.7. The van der Waals surface area contributed by atoms with E-state index in [4.69, 9.17) is 0 Å². The van der Waals surface area contributed by atoms with Crippen LogP contribution in [-0.4, -0.2) is 26.2 Å². The Labute approximate surface area is 139 Å². The van der Waals surface area contributed by atoms with Gasteiger partial charge in [-0.15, -0.1) is 0 Å². The van der Waals surface area contributed by atoms with Crippen LogP contribution in [0.1, 0.15) is 11.1 Å². The second-order valence-electron chi connectivity index (χ2n) is 6.04. The number of quaternary nitrogens is 2. The first-order valence-corrected chi connectivity index (χ1v) is 8.65. The lowest BCUT2D eigenvalue weighted by Gasteiger charge is -2.30. The zero-order valence-electron chi connectivity index (χ0n) is 12.6. The van der Waals surface area contributed by atoms with Crippen LogP contribution in [0.5, 0.6) is 0 Å². The number of piperazine rings is 1. The Balaban J connectivity index is 1.52. The highest BCUT2D eigenvalue weighted by Gasteiger charge is 2.24. The minimum Gasteiger partial charge on any atom is -0.322 e. The van der Waals surface area contributed by atoms with Crippen molar-refractivity contribution in [3.05, 3.63) is 69.9 Å². The number of halogens is 2. The maximum atomic E-state index is 13.7. The standard InChI is InChI=1S/C18H20BrFN2/c19-17-7-3-1-5-15(17)13-21-9-11-22(12-10-21)14-16-6-2-4-8-18(16)20/h1-8H,9-14H2/p+2. The lowest BCUT2D eigenvalue weighted by molar-refractivity contribution is -1.02. The molecule has 2 N–H and O–H groups in total. The van der Waals surface area contributed by atoms with Gasteiger partial charge in [0.25, 0.3) is 0 Å². The molecule has 0 atom stereocenters. The molecule has 1 saturated heterocycles. The fourth-order valence-corrected chi connectivity index (χ4v) is 3.56. The van der Waals surface area contributed by atoms with Gasteiger partial charge >= 0.3 is 0 Å². The zero-order valence-corrected chi connectivity index (χ0v) is 14.2. The third kappa shape index (κ3) is 3.94. The first kappa shape index (κ1) is 15.7. The summed E-state index contributed by atoms with van der Waals surface area (Å²) in [5.41, 5.74) is 2.21. The highest BCUT2D eigenvalue weighted by molar-refractivity contribution is 9.10. The summed E-state index contributed by atoms with van der Waals surface area (Å²) in [5, 5.41) is 0. The predicted octanol–water partition coefficient (Wildman–Crippen LogP) is 1.07. The van der Waals surface area contributed by atoms with Crippen LogP contribution in [0.3, 0.4) is 0 Å². The van der Waals surface area contributed by atoms with Crippen LogP contribution in [0.4, 0.5) is 4.39 Å². The topological polar surface area (TPSA) is 8.88 Å². The Morgan fingerprint density at radius 2 is 1.27 bits per heavy atom. The molecular weight excluding hydrogens is 343 g/mol. The third-order valence-corrected chi connectivity index (χ3v) is 5.23. The smallest absolute Gasteiger partial charge is 0.132 e. The number of benzene rings is 2. The molecule has 1 aliphatic rings. The molecule has 0 radical (unpaired) electrons. The van der Waals surface area contributed by atoms with Gasteiger partial charge in [0.05, 0.1) is 0 Å².